The molecule has 0 unspecified atom stereocenters. The maximum atomic E-state index is 14.8. The molecule has 1 atom stereocenters. The zero-order valence-corrected chi connectivity index (χ0v) is 28.9. The Morgan fingerprint density at radius 3 is 2.39 bits per heavy atom. The fourth-order valence-corrected chi connectivity index (χ4v) is 6.99. The van der Waals surface area contributed by atoms with Crippen LogP contribution in [0.25, 0.3) is 22.0 Å². The molecule has 0 bridgehead atoms. The summed E-state index contributed by atoms with van der Waals surface area (Å²) in [6.07, 6.45) is -9.42. The third-order valence-corrected chi connectivity index (χ3v) is 9.72. The highest BCUT2D eigenvalue weighted by atomic mass is 127. The number of hydrogen-bond acceptors (Lipinski definition) is 5. The molecule has 8 nitrogen and oxygen atoms in total. The number of carbonyl (C=O) groups is 1. The number of anilines is 1. The monoisotopic (exact) mass is 855 g/mol. The van der Waals surface area contributed by atoms with Gasteiger partial charge >= 0.3 is 6.18 Å². The Bertz CT molecular complexity index is 2160. The van der Waals surface area contributed by atoms with Crippen molar-refractivity contribution in [2.24, 2.45) is 0 Å². The quantitative estimate of drug-likeness (QED) is 0.115. The Kier molecular flexibility index (Phi) is 9.70. The van der Waals surface area contributed by atoms with Crippen LogP contribution in [0.3, 0.4) is 0 Å². The van der Waals surface area contributed by atoms with E-state index in [-0.39, 0.29) is 62.5 Å². The number of nitrogen functional groups attached to an aromatic ring is 1. The zero-order valence-electron chi connectivity index (χ0n) is 26.0. The van der Waals surface area contributed by atoms with Crippen LogP contribution >= 0.6 is 34.2 Å². The summed E-state index contributed by atoms with van der Waals surface area (Å²) in [5, 5.41) is 10.1. The summed E-state index contributed by atoms with van der Waals surface area (Å²) in [4.78, 5) is 18.3. The summed E-state index contributed by atoms with van der Waals surface area (Å²) in [7, 11) is 0. The molecule has 3 aromatic heterocycles. The first-order valence-corrected chi connectivity index (χ1v) is 16.5. The predicted octanol–water partition coefficient (Wildman–Crippen LogP) is 8.36. The predicted molar refractivity (Wildman–Crippen MR) is 176 cm³/mol. The molecule has 19 heteroatoms. The Labute approximate surface area is 301 Å². The van der Waals surface area contributed by atoms with Gasteiger partial charge in [-0.15, -0.1) is 0 Å². The second kappa shape index (κ2) is 13.5. The lowest BCUT2D eigenvalue weighted by atomic mass is 9.93. The smallest absolute Gasteiger partial charge is 0.382 e. The fourth-order valence-electron chi connectivity index (χ4n) is 6.31. The number of nitrogens with one attached hydrogen (secondary N) is 1. The van der Waals surface area contributed by atoms with Crippen molar-refractivity contribution in [1.82, 2.24) is 29.9 Å². The van der Waals surface area contributed by atoms with Crippen LogP contribution in [0.1, 0.15) is 52.8 Å². The maximum Gasteiger partial charge on any atom is 0.408 e. The molecule has 6 rings (SSSR count). The Morgan fingerprint density at radius 2 is 1.75 bits per heavy atom. The highest BCUT2D eigenvalue weighted by molar-refractivity contribution is 14.1. The van der Waals surface area contributed by atoms with Crippen molar-refractivity contribution in [2.45, 2.75) is 63.8 Å². The summed E-state index contributed by atoms with van der Waals surface area (Å²) in [5.41, 5.74) is 4.47. The first kappa shape index (κ1) is 36.7. The number of carbonyl (C=O) groups excluding carboxylic acids is 1. The summed E-state index contributed by atoms with van der Waals surface area (Å²) >= 11 is 8.30. The van der Waals surface area contributed by atoms with E-state index >= 15 is 0 Å². The van der Waals surface area contributed by atoms with E-state index in [9.17, 15) is 44.3 Å². The molecule has 0 saturated carbocycles. The van der Waals surface area contributed by atoms with Crippen LogP contribution in [-0.2, 0) is 36.6 Å². The molecule has 2 aromatic carbocycles. The van der Waals surface area contributed by atoms with Gasteiger partial charge in [0, 0.05) is 32.7 Å². The standard InChI is InChI=1S/C32H24ClF9IN7O/c1-13-21(43)10-19(17-2-3-20(33)24-27(17)50(48-30(24)44)12-32(40,41)42)25(45-13)22(8-14-6-15(34)9-16(35)7-14)46-23(51)11-49-28-18(4-5-31(28,38)39)26(47-49)29(36)37/h2-3,6-7,9-10,22,29H,4-5,8,11-12H2,1H3,(H2,44,48)(H,46,51)/t22-/m0/s1. The summed E-state index contributed by atoms with van der Waals surface area (Å²) in [6, 6.07) is 5.58. The molecule has 51 heavy (non-hydrogen) atoms. The van der Waals surface area contributed by atoms with Gasteiger partial charge in [-0.2, -0.15) is 32.1 Å². The largest absolute Gasteiger partial charge is 0.408 e. The van der Waals surface area contributed by atoms with Crippen molar-refractivity contribution in [2.75, 3.05) is 5.73 Å². The van der Waals surface area contributed by atoms with E-state index in [4.69, 9.17) is 17.3 Å². The van der Waals surface area contributed by atoms with Crippen LogP contribution in [0.2, 0.25) is 5.02 Å². The minimum atomic E-state index is -4.74. The summed E-state index contributed by atoms with van der Waals surface area (Å²) < 4.78 is 128. The van der Waals surface area contributed by atoms with Gasteiger partial charge in [-0.05, 0) is 72.2 Å². The zero-order chi connectivity index (χ0) is 37.2. The van der Waals surface area contributed by atoms with Crippen LogP contribution in [0, 0.1) is 22.1 Å². The maximum absolute atomic E-state index is 14.8. The first-order chi connectivity index (χ1) is 23.8. The summed E-state index contributed by atoms with van der Waals surface area (Å²) in [5.74, 6) is -6.77. The summed E-state index contributed by atoms with van der Waals surface area (Å²) in [6.45, 7) is -0.903. The lowest BCUT2D eigenvalue weighted by Gasteiger charge is -2.24. The number of benzene rings is 2. The lowest BCUT2D eigenvalue weighted by molar-refractivity contribution is -0.141. The number of aryl methyl sites for hydroxylation is 1. The highest BCUT2D eigenvalue weighted by Crippen LogP contribution is 2.45. The normalized spacial score (nSPS) is 14.8. The Hall–Kier alpha value is -4.07. The third-order valence-electron chi connectivity index (χ3n) is 8.31. The van der Waals surface area contributed by atoms with Crippen LogP contribution < -0.4 is 11.1 Å². The van der Waals surface area contributed by atoms with E-state index < -0.39 is 73.0 Å². The van der Waals surface area contributed by atoms with Crippen LogP contribution in [0.5, 0.6) is 0 Å². The molecule has 1 amide bonds. The molecule has 0 fully saturated rings. The fraction of sp³-hybridized carbons (Fsp3) is 0.312. The molecule has 3 heterocycles. The molecule has 0 aliphatic heterocycles. The van der Waals surface area contributed by atoms with E-state index in [0.29, 0.717) is 24.7 Å². The number of nitrogens with two attached hydrogens (primary N) is 1. The minimum absolute atomic E-state index is 0.00261. The van der Waals surface area contributed by atoms with E-state index in [0.717, 1.165) is 12.1 Å². The number of pyridine rings is 1. The molecule has 1 aliphatic carbocycles. The number of nitrogens with zero attached hydrogens (tertiary/aromatic N) is 5. The number of aromatic nitrogens is 5. The van der Waals surface area contributed by atoms with Crippen LogP contribution in [0.15, 0.2) is 36.4 Å². The van der Waals surface area contributed by atoms with Crippen molar-refractivity contribution in [3.05, 3.63) is 90.5 Å². The number of amides is 1. The van der Waals surface area contributed by atoms with E-state index in [1.807, 2.05) is 22.6 Å². The molecule has 3 N–H and O–H groups in total. The third kappa shape index (κ3) is 7.33. The molecule has 270 valence electrons. The molecule has 5 aromatic rings. The Balaban J connectivity index is 1.50. The van der Waals surface area contributed by atoms with Gasteiger partial charge in [0.1, 0.15) is 36.1 Å². The number of rotatable bonds is 9. The SMILES string of the molecule is Cc1nc([C@H](Cc2cc(F)cc(F)c2)NC(=O)Cn2nc(C(F)F)c3c2C(F)(F)CC3)c(-c2ccc(Cl)c3c(N)nn(CC(F)(F)F)c23)cc1I. The average Bonchev–Trinajstić information content (AvgIpc) is 3.64. The average molecular weight is 856 g/mol. The van der Waals surface area contributed by atoms with Gasteiger partial charge in [0.25, 0.3) is 12.3 Å². The second-order valence-corrected chi connectivity index (χ2v) is 13.5. The first-order valence-electron chi connectivity index (χ1n) is 15.0. The molecule has 0 spiro atoms. The van der Waals surface area contributed by atoms with Crippen molar-refractivity contribution in [3.63, 3.8) is 0 Å². The van der Waals surface area contributed by atoms with Crippen molar-refractivity contribution in [1.29, 1.82) is 0 Å². The van der Waals surface area contributed by atoms with Gasteiger partial charge in [0.2, 0.25) is 5.91 Å². The number of hydrogen-bond donors (Lipinski definition) is 2. The molecule has 1 aliphatic rings. The van der Waals surface area contributed by atoms with Gasteiger partial charge < -0.3 is 11.1 Å². The van der Waals surface area contributed by atoms with Gasteiger partial charge in [-0.1, -0.05) is 17.7 Å². The second-order valence-electron chi connectivity index (χ2n) is 11.9. The number of halogens is 11. The van der Waals surface area contributed by atoms with E-state index in [2.05, 4.69) is 20.5 Å². The van der Waals surface area contributed by atoms with Crippen molar-refractivity contribution < 1.29 is 44.3 Å². The van der Waals surface area contributed by atoms with Gasteiger partial charge in [0.15, 0.2) is 5.82 Å². The Morgan fingerprint density at radius 1 is 1.06 bits per heavy atom. The molecule has 0 saturated heterocycles. The van der Waals surface area contributed by atoms with Crippen molar-refractivity contribution >= 4 is 56.8 Å². The van der Waals surface area contributed by atoms with Gasteiger partial charge in [0.05, 0.1) is 33.4 Å². The van der Waals surface area contributed by atoms with E-state index in [1.165, 1.54) is 12.1 Å². The molecule has 0 radical (unpaired) electrons. The van der Waals surface area contributed by atoms with Gasteiger partial charge in [-0.3, -0.25) is 19.1 Å². The minimum Gasteiger partial charge on any atom is -0.382 e. The highest BCUT2D eigenvalue weighted by Gasteiger charge is 2.46. The number of fused-ring (bicyclic) bond motifs is 2. The van der Waals surface area contributed by atoms with Crippen LogP contribution in [-0.4, -0.2) is 36.6 Å². The van der Waals surface area contributed by atoms with E-state index in [1.54, 1.807) is 13.0 Å². The van der Waals surface area contributed by atoms with Gasteiger partial charge in [-0.25, -0.2) is 17.6 Å². The van der Waals surface area contributed by atoms with Crippen LogP contribution in [0.4, 0.5) is 45.3 Å². The topological polar surface area (TPSA) is 104 Å². The van der Waals surface area contributed by atoms with Crippen molar-refractivity contribution in [3.8, 4) is 11.1 Å². The molecular formula is C32H24ClF9IN7O. The number of alkyl halides is 7. The molecular weight excluding hydrogens is 832 g/mol. The lowest BCUT2D eigenvalue weighted by Crippen LogP contribution is -2.35.